The minimum atomic E-state index is -0.947. The summed E-state index contributed by atoms with van der Waals surface area (Å²) < 4.78 is 4.69. The number of likely N-dealkylation sites (tertiary alicyclic amines) is 1. The van der Waals surface area contributed by atoms with Gasteiger partial charge in [-0.3, -0.25) is 9.59 Å². The fourth-order valence-corrected chi connectivity index (χ4v) is 3.15. The van der Waals surface area contributed by atoms with Crippen molar-refractivity contribution in [2.75, 3.05) is 13.7 Å². The summed E-state index contributed by atoms with van der Waals surface area (Å²) in [7, 11) is 1.30. The van der Waals surface area contributed by atoms with Crippen LogP contribution in [0.4, 0.5) is 0 Å². The molecule has 0 bridgehead atoms. The van der Waals surface area contributed by atoms with E-state index >= 15 is 0 Å². The molecule has 1 aliphatic heterocycles. The van der Waals surface area contributed by atoms with Gasteiger partial charge in [-0.25, -0.2) is 4.79 Å². The molecule has 19 heavy (non-hydrogen) atoms. The van der Waals surface area contributed by atoms with E-state index in [1.54, 1.807) is 13.8 Å². The first-order valence-electron chi connectivity index (χ1n) is 6.43. The second-order valence-corrected chi connectivity index (χ2v) is 5.83. The van der Waals surface area contributed by atoms with Crippen molar-refractivity contribution in [2.45, 2.75) is 32.7 Å². The summed E-state index contributed by atoms with van der Waals surface area (Å²) in [6, 6.07) is -0.552. The van der Waals surface area contributed by atoms with Crippen molar-refractivity contribution in [1.29, 1.82) is 0 Å². The largest absolute Gasteiger partial charge is 0.481 e. The van der Waals surface area contributed by atoms with Crippen LogP contribution in [0, 0.1) is 17.3 Å². The van der Waals surface area contributed by atoms with Crippen LogP contribution in [0.5, 0.6) is 0 Å². The molecule has 1 heterocycles. The van der Waals surface area contributed by atoms with E-state index in [0.717, 1.165) is 6.42 Å². The zero-order valence-corrected chi connectivity index (χ0v) is 11.4. The number of carbonyl (C=O) groups is 3. The molecule has 0 aromatic carbocycles. The molecule has 6 heteroatoms. The molecule has 1 N–H and O–H groups in total. The molecular weight excluding hydrogens is 250 g/mol. The Morgan fingerprint density at radius 2 is 1.89 bits per heavy atom. The number of nitrogens with zero attached hydrogens (tertiary/aromatic N) is 1. The Labute approximate surface area is 111 Å². The van der Waals surface area contributed by atoms with E-state index in [4.69, 9.17) is 9.84 Å². The quantitative estimate of drug-likeness (QED) is 0.754. The lowest BCUT2D eigenvalue weighted by Gasteiger charge is -2.23. The maximum Gasteiger partial charge on any atom is 0.328 e. The van der Waals surface area contributed by atoms with Crippen LogP contribution >= 0.6 is 0 Å². The van der Waals surface area contributed by atoms with Gasteiger partial charge in [0, 0.05) is 6.54 Å². The standard InChI is InChI=1S/C13H19NO5/c1-13(2)8(9(13)11(16)17)10(15)14-6-4-5-7(14)12(18)19-3/h7-9H,4-6H2,1-3H3,(H,16,17)/t7?,8-,9+/m1/s1. The van der Waals surface area contributed by atoms with Crippen LogP contribution in [0.1, 0.15) is 26.7 Å². The van der Waals surface area contributed by atoms with E-state index < -0.39 is 35.2 Å². The smallest absolute Gasteiger partial charge is 0.328 e. The number of carbonyl (C=O) groups excluding carboxylic acids is 2. The molecule has 3 atom stereocenters. The molecular formula is C13H19NO5. The highest BCUT2D eigenvalue weighted by Crippen LogP contribution is 2.59. The number of rotatable bonds is 3. The van der Waals surface area contributed by atoms with Crippen LogP contribution in [0.15, 0.2) is 0 Å². The van der Waals surface area contributed by atoms with Gasteiger partial charge in [0.1, 0.15) is 6.04 Å². The SMILES string of the molecule is COC(=O)C1CCCN1C(=O)[C@H]1[C@@H](C(=O)O)C1(C)C. The number of aliphatic carboxylic acids is 1. The van der Waals surface area contributed by atoms with E-state index in [-0.39, 0.29) is 5.91 Å². The Morgan fingerprint density at radius 3 is 2.37 bits per heavy atom. The third kappa shape index (κ3) is 2.09. The van der Waals surface area contributed by atoms with Crippen LogP contribution < -0.4 is 0 Å². The lowest BCUT2D eigenvalue weighted by Crippen LogP contribution is -2.42. The Kier molecular flexibility index (Phi) is 3.28. The van der Waals surface area contributed by atoms with Crippen molar-refractivity contribution in [3.8, 4) is 0 Å². The molecule has 6 nitrogen and oxygen atoms in total. The first-order valence-corrected chi connectivity index (χ1v) is 6.43. The zero-order chi connectivity index (χ0) is 14.4. The molecule has 1 saturated carbocycles. The highest BCUT2D eigenvalue weighted by molar-refractivity contribution is 5.94. The molecule has 2 aliphatic rings. The summed E-state index contributed by atoms with van der Waals surface area (Å²) in [5, 5.41) is 9.11. The Morgan fingerprint density at radius 1 is 1.26 bits per heavy atom. The van der Waals surface area contributed by atoms with Crippen LogP contribution in [0.3, 0.4) is 0 Å². The van der Waals surface area contributed by atoms with Gasteiger partial charge in [-0.05, 0) is 18.3 Å². The summed E-state index contributed by atoms with van der Waals surface area (Å²) >= 11 is 0. The van der Waals surface area contributed by atoms with E-state index in [1.165, 1.54) is 12.0 Å². The highest BCUT2D eigenvalue weighted by atomic mass is 16.5. The third-order valence-electron chi connectivity index (χ3n) is 4.37. The Hall–Kier alpha value is -1.59. The average molecular weight is 269 g/mol. The van der Waals surface area contributed by atoms with E-state index in [9.17, 15) is 14.4 Å². The van der Waals surface area contributed by atoms with Gasteiger partial charge in [0.25, 0.3) is 0 Å². The third-order valence-corrected chi connectivity index (χ3v) is 4.37. The van der Waals surface area contributed by atoms with Gasteiger partial charge in [0.2, 0.25) is 5.91 Å². The minimum absolute atomic E-state index is 0.231. The van der Waals surface area contributed by atoms with E-state index in [1.807, 2.05) is 0 Å². The van der Waals surface area contributed by atoms with E-state index in [0.29, 0.717) is 13.0 Å². The van der Waals surface area contributed by atoms with Crippen molar-refractivity contribution in [2.24, 2.45) is 17.3 Å². The van der Waals surface area contributed by atoms with Gasteiger partial charge in [0.05, 0.1) is 18.9 Å². The molecule has 0 aromatic rings. The van der Waals surface area contributed by atoms with Gasteiger partial charge >= 0.3 is 11.9 Å². The van der Waals surface area contributed by atoms with Crippen molar-refractivity contribution in [3.63, 3.8) is 0 Å². The fraction of sp³-hybridized carbons (Fsp3) is 0.769. The van der Waals surface area contributed by atoms with Crippen molar-refractivity contribution in [1.82, 2.24) is 4.90 Å². The number of carboxylic acids is 1. The molecule has 2 rings (SSSR count). The first kappa shape index (κ1) is 13.8. The molecule has 1 saturated heterocycles. The molecule has 1 unspecified atom stereocenters. The number of hydrogen-bond acceptors (Lipinski definition) is 4. The number of amides is 1. The number of ether oxygens (including phenoxy) is 1. The monoisotopic (exact) mass is 269 g/mol. The summed E-state index contributed by atoms with van der Waals surface area (Å²) in [5.74, 6) is -2.78. The summed E-state index contributed by atoms with van der Waals surface area (Å²) in [4.78, 5) is 36.6. The molecule has 0 aromatic heterocycles. The van der Waals surface area contributed by atoms with Crippen molar-refractivity contribution in [3.05, 3.63) is 0 Å². The highest BCUT2D eigenvalue weighted by Gasteiger charge is 2.67. The predicted molar refractivity (Wildman–Crippen MR) is 65.1 cm³/mol. The average Bonchev–Trinajstić information content (AvgIpc) is 2.75. The lowest BCUT2D eigenvalue weighted by atomic mass is 10.1. The zero-order valence-electron chi connectivity index (χ0n) is 11.4. The summed E-state index contributed by atoms with van der Waals surface area (Å²) in [5.41, 5.74) is -0.536. The van der Waals surface area contributed by atoms with Crippen molar-refractivity contribution < 1.29 is 24.2 Å². The Balaban J connectivity index is 2.13. The summed E-state index contributed by atoms with van der Waals surface area (Å²) in [6.07, 6.45) is 1.33. The van der Waals surface area contributed by atoms with Gasteiger partial charge in [0.15, 0.2) is 0 Å². The van der Waals surface area contributed by atoms with Crippen LogP contribution in [-0.4, -0.2) is 47.5 Å². The second kappa shape index (κ2) is 4.51. The maximum absolute atomic E-state index is 12.4. The second-order valence-electron chi connectivity index (χ2n) is 5.83. The number of carboxylic acid groups (broad SMARTS) is 1. The Bertz CT molecular complexity index is 431. The maximum atomic E-state index is 12.4. The molecule has 1 aliphatic carbocycles. The van der Waals surface area contributed by atoms with Crippen molar-refractivity contribution >= 4 is 17.8 Å². The molecule has 2 fully saturated rings. The minimum Gasteiger partial charge on any atom is -0.481 e. The fourth-order valence-electron chi connectivity index (χ4n) is 3.15. The molecule has 1 amide bonds. The molecule has 0 radical (unpaired) electrons. The van der Waals surface area contributed by atoms with Crippen LogP contribution in [0.25, 0.3) is 0 Å². The van der Waals surface area contributed by atoms with E-state index in [2.05, 4.69) is 0 Å². The van der Waals surface area contributed by atoms with Gasteiger partial charge < -0.3 is 14.7 Å². The topological polar surface area (TPSA) is 83.9 Å². The molecule has 106 valence electrons. The predicted octanol–water partition coefficient (Wildman–Crippen LogP) is 0.507. The van der Waals surface area contributed by atoms with Gasteiger partial charge in [-0.15, -0.1) is 0 Å². The van der Waals surface area contributed by atoms with Crippen LogP contribution in [-0.2, 0) is 19.1 Å². The number of methoxy groups -OCH3 is 1. The lowest BCUT2D eigenvalue weighted by molar-refractivity contribution is -0.152. The normalized spacial score (nSPS) is 31.9. The van der Waals surface area contributed by atoms with Gasteiger partial charge in [-0.1, -0.05) is 13.8 Å². The number of esters is 1. The first-order chi connectivity index (χ1) is 8.82. The van der Waals surface area contributed by atoms with Gasteiger partial charge in [-0.2, -0.15) is 0 Å². The molecule has 0 spiro atoms. The number of hydrogen-bond donors (Lipinski definition) is 1. The summed E-state index contributed by atoms with van der Waals surface area (Å²) in [6.45, 7) is 4.05. The van der Waals surface area contributed by atoms with Crippen LogP contribution in [0.2, 0.25) is 0 Å².